The molecular weight excluding hydrogens is 444 g/mol. The van der Waals surface area contributed by atoms with Gasteiger partial charge in [-0.25, -0.2) is 15.0 Å². The Balaban J connectivity index is 1.70. The van der Waals surface area contributed by atoms with Crippen molar-refractivity contribution in [3.05, 3.63) is 12.2 Å². The van der Waals surface area contributed by atoms with Crippen molar-refractivity contribution in [2.45, 2.75) is 32.8 Å². The van der Waals surface area contributed by atoms with Crippen LogP contribution in [0.2, 0.25) is 0 Å². The molecule has 13 nitrogen and oxygen atoms in total. The van der Waals surface area contributed by atoms with Gasteiger partial charge < -0.3 is 30.9 Å². The van der Waals surface area contributed by atoms with Crippen molar-refractivity contribution in [1.29, 1.82) is 0 Å². The van der Waals surface area contributed by atoms with Crippen molar-refractivity contribution in [1.82, 2.24) is 34.6 Å². The highest BCUT2D eigenvalue weighted by molar-refractivity contribution is 5.82. The Hall–Kier alpha value is -3.31. The zero-order valence-corrected chi connectivity index (χ0v) is 19.3. The van der Waals surface area contributed by atoms with E-state index in [0.29, 0.717) is 37.3 Å². The smallest absolute Gasteiger partial charge is 0.252 e. The van der Waals surface area contributed by atoms with Crippen molar-refractivity contribution in [2.24, 2.45) is 0 Å². The van der Waals surface area contributed by atoms with Crippen molar-refractivity contribution < 1.29 is 24.5 Å². The van der Waals surface area contributed by atoms with Crippen molar-refractivity contribution >= 4 is 28.8 Å². The van der Waals surface area contributed by atoms with E-state index in [2.05, 4.69) is 37.0 Å². The molecule has 1 fully saturated rings. The average molecular weight is 475 g/mol. The molecule has 0 aliphatic carbocycles. The largest absolute Gasteiger partial charge is 0.394 e. The molecular formula is C21H30N8O5. The van der Waals surface area contributed by atoms with Gasteiger partial charge in [0.1, 0.15) is 18.4 Å². The number of amides is 2. The summed E-state index contributed by atoms with van der Waals surface area (Å²) in [4.78, 5) is 40.3. The van der Waals surface area contributed by atoms with Crippen LogP contribution in [0.5, 0.6) is 0 Å². The fourth-order valence-corrected chi connectivity index (χ4v) is 3.46. The van der Waals surface area contributed by atoms with Crippen LogP contribution in [0, 0.1) is 11.8 Å². The zero-order chi connectivity index (χ0) is 24.7. The third-order valence-corrected chi connectivity index (χ3v) is 5.35. The number of hydrogen-bond acceptors (Lipinski definition) is 10. The third kappa shape index (κ3) is 6.17. The van der Waals surface area contributed by atoms with Crippen LogP contribution in [-0.4, -0.2) is 109 Å². The number of carbonyl (C=O) groups is 2. The number of imidazole rings is 1. The molecule has 13 heteroatoms. The zero-order valence-electron chi connectivity index (χ0n) is 19.3. The average Bonchev–Trinajstić information content (AvgIpc) is 3.23. The van der Waals surface area contributed by atoms with Gasteiger partial charge >= 0.3 is 0 Å². The molecule has 0 saturated carbocycles. The predicted octanol–water partition coefficient (Wildman–Crippen LogP) is -2.24. The van der Waals surface area contributed by atoms with Crippen LogP contribution < -0.4 is 11.1 Å². The first-order valence-corrected chi connectivity index (χ1v) is 11.0. The number of carbonyl (C=O) groups excluding carboxylic acids is 2. The molecule has 2 aromatic rings. The molecule has 3 heterocycles. The number of anilines is 1. The molecule has 2 aromatic heterocycles. The highest BCUT2D eigenvalue weighted by atomic mass is 16.5. The molecule has 2 amide bonds. The van der Waals surface area contributed by atoms with Crippen LogP contribution in [0.1, 0.15) is 19.7 Å². The number of nitrogens with two attached hydrogens (primary N) is 1. The van der Waals surface area contributed by atoms with E-state index >= 15 is 0 Å². The van der Waals surface area contributed by atoms with Crippen molar-refractivity contribution in [2.75, 3.05) is 51.6 Å². The van der Waals surface area contributed by atoms with Gasteiger partial charge in [-0.05, 0) is 12.8 Å². The number of nitrogen functional groups attached to an aromatic ring is 1. The first-order valence-electron chi connectivity index (χ1n) is 11.0. The van der Waals surface area contributed by atoms with Gasteiger partial charge in [-0.1, -0.05) is 5.92 Å². The van der Waals surface area contributed by atoms with Gasteiger partial charge in [0.2, 0.25) is 11.7 Å². The molecule has 1 aliphatic rings. The van der Waals surface area contributed by atoms with Gasteiger partial charge in [0, 0.05) is 39.6 Å². The summed E-state index contributed by atoms with van der Waals surface area (Å²) in [7, 11) is 0. The molecule has 1 saturated heterocycles. The molecule has 5 N–H and O–H groups in total. The lowest BCUT2D eigenvalue weighted by atomic mass is 10.2. The molecule has 0 radical (unpaired) electrons. The van der Waals surface area contributed by atoms with Crippen LogP contribution in [0.25, 0.3) is 11.2 Å². The standard InChI is InChI=1S/C21H30N8O5/c1-3-23-21(33)18(15(32)11-30)34-13-29-12-24-17-19(22)25-16(26-20(17)29)5-4-6-27-7-9-28(10-8-27)14(2)31/h12,15,18,30,32H,3,6-11,13H2,1-2H3,(H,23,33)(H2,22,25,26)/t15?,18-/m0/s1. The lowest BCUT2D eigenvalue weighted by molar-refractivity contribution is -0.147. The number of hydrogen-bond donors (Lipinski definition) is 4. The highest BCUT2D eigenvalue weighted by Gasteiger charge is 2.27. The summed E-state index contributed by atoms with van der Waals surface area (Å²) >= 11 is 0. The summed E-state index contributed by atoms with van der Waals surface area (Å²) in [6, 6.07) is 0. The number of aliphatic hydroxyl groups is 2. The molecule has 34 heavy (non-hydrogen) atoms. The Morgan fingerprint density at radius 3 is 2.68 bits per heavy atom. The van der Waals surface area contributed by atoms with Gasteiger partial charge in [-0.2, -0.15) is 0 Å². The van der Waals surface area contributed by atoms with Crippen molar-refractivity contribution in [3.8, 4) is 11.8 Å². The number of piperazine rings is 1. The molecule has 1 aliphatic heterocycles. The Morgan fingerprint density at radius 2 is 2.03 bits per heavy atom. The lowest BCUT2D eigenvalue weighted by Crippen LogP contribution is -2.47. The van der Waals surface area contributed by atoms with Crippen molar-refractivity contribution in [3.63, 3.8) is 0 Å². The van der Waals surface area contributed by atoms with Crippen LogP contribution in [0.15, 0.2) is 6.33 Å². The van der Waals surface area contributed by atoms with E-state index in [0.717, 1.165) is 13.1 Å². The topological polar surface area (TPSA) is 172 Å². The van der Waals surface area contributed by atoms with Gasteiger partial charge in [-0.15, -0.1) is 0 Å². The minimum atomic E-state index is -1.39. The maximum Gasteiger partial charge on any atom is 0.252 e. The number of nitrogens with one attached hydrogen (secondary N) is 1. The molecule has 3 rings (SSSR count). The summed E-state index contributed by atoms with van der Waals surface area (Å²) < 4.78 is 7.07. The molecule has 2 atom stereocenters. The maximum atomic E-state index is 12.2. The number of aliphatic hydroxyl groups excluding tert-OH is 2. The molecule has 0 aromatic carbocycles. The molecule has 1 unspecified atom stereocenters. The van der Waals surface area contributed by atoms with Gasteiger partial charge in [0.25, 0.3) is 5.91 Å². The van der Waals surface area contributed by atoms with Gasteiger partial charge in [-0.3, -0.25) is 19.1 Å². The van der Waals surface area contributed by atoms with Crippen LogP contribution >= 0.6 is 0 Å². The minimum Gasteiger partial charge on any atom is -0.394 e. The molecule has 0 spiro atoms. The van der Waals surface area contributed by atoms with Gasteiger partial charge in [0.05, 0.1) is 19.5 Å². The first kappa shape index (κ1) is 25.3. The van der Waals surface area contributed by atoms with E-state index in [1.807, 2.05) is 0 Å². The third-order valence-electron chi connectivity index (χ3n) is 5.35. The van der Waals surface area contributed by atoms with Crippen LogP contribution in [-0.2, 0) is 21.1 Å². The number of nitrogens with zero attached hydrogens (tertiary/aromatic N) is 6. The van der Waals surface area contributed by atoms with E-state index in [1.54, 1.807) is 18.7 Å². The Bertz CT molecular complexity index is 1070. The minimum absolute atomic E-state index is 0.0756. The second-order valence-corrected chi connectivity index (χ2v) is 7.76. The Morgan fingerprint density at radius 1 is 1.29 bits per heavy atom. The number of ether oxygens (including phenoxy) is 1. The Kier molecular flexibility index (Phi) is 8.72. The number of fused-ring (bicyclic) bond motifs is 1. The molecule has 0 bridgehead atoms. The van der Waals surface area contributed by atoms with E-state index in [4.69, 9.17) is 10.5 Å². The number of aromatic nitrogens is 4. The van der Waals surface area contributed by atoms with E-state index in [-0.39, 0.29) is 24.3 Å². The Labute approximate surface area is 196 Å². The summed E-state index contributed by atoms with van der Waals surface area (Å²) in [6.07, 6.45) is -1.23. The summed E-state index contributed by atoms with van der Waals surface area (Å²) in [6.45, 7) is 6.19. The monoisotopic (exact) mass is 474 g/mol. The molecule has 184 valence electrons. The summed E-state index contributed by atoms with van der Waals surface area (Å²) in [5.41, 5.74) is 6.74. The van der Waals surface area contributed by atoms with Gasteiger partial charge in [0.15, 0.2) is 17.6 Å². The van der Waals surface area contributed by atoms with Crippen LogP contribution in [0.3, 0.4) is 0 Å². The quantitative estimate of drug-likeness (QED) is 0.306. The number of likely N-dealkylation sites (N-methyl/N-ethyl adjacent to an activating group) is 1. The highest BCUT2D eigenvalue weighted by Crippen LogP contribution is 2.16. The normalized spacial score (nSPS) is 16.1. The fraction of sp³-hybridized carbons (Fsp3) is 0.571. The second-order valence-electron chi connectivity index (χ2n) is 7.76. The first-order chi connectivity index (χ1) is 16.3. The predicted molar refractivity (Wildman–Crippen MR) is 122 cm³/mol. The summed E-state index contributed by atoms with van der Waals surface area (Å²) in [5.74, 6) is 5.84. The van der Waals surface area contributed by atoms with E-state index in [9.17, 15) is 19.8 Å². The summed E-state index contributed by atoms with van der Waals surface area (Å²) in [5, 5.41) is 21.7. The number of rotatable bonds is 8. The SMILES string of the molecule is CCNC(=O)[C@@H](OCn1cnc2c(N)nc(C#CCN3CCN(C(C)=O)CC3)nc21)C(O)CO. The van der Waals surface area contributed by atoms with E-state index in [1.165, 1.54) is 10.9 Å². The maximum absolute atomic E-state index is 12.2. The lowest BCUT2D eigenvalue weighted by Gasteiger charge is -2.32. The second kappa shape index (κ2) is 11.7. The fourth-order valence-electron chi connectivity index (χ4n) is 3.46. The van der Waals surface area contributed by atoms with E-state index < -0.39 is 24.7 Å². The van der Waals surface area contributed by atoms with Crippen LogP contribution in [0.4, 0.5) is 5.82 Å².